The maximum Gasteiger partial charge on any atom is 0.277 e. The highest BCUT2D eigenvalue weighted by Crippen LogP contribution is 2.27. The predicted molar refractivity (Wildman–Crippen MR) is 117 cm³/mol. The molecule has 31 heavy (non-hydrogen) atoms. The summed E-state index contributed by atoms with van der Waals surface area (Å²) in [6, 6.07) is 15.4. The van der Waals surface area contributed by atoms with Gasteiger partial charge in [0.2, 0.25) is 0 Å². The number of nitrogens with zero attached hydrogens (tertiary/aromatic N) is 2. The summed E-state index contributed by atoms with van der Waals surface area (Å²) in [5.74, 6) is 1.40. The van der Waals surface area contributed by atoms with E-state index in [0.29, 0.717) is 22.8 Å². The summed E-state index contributed by atoms with van der Waals surface area (Å²) in [5.41, 5.74) is 5.03. The van der Waals surface area contributed by atoms with Crippen LogP contribution in [0.15, 0.2) is 64.1 Å². The Bertz CT molecular complexity index is 1120. The first-order valence-electron chi connectivity index (χ1n) is 9.73. The van der Waals surface area contributed by atoms with Gasteiger partial charge in [0.1, 0.15) is 17.3 Å². The summed E-state index contributed by atoms with van der Waals surface area (Å²) in [4.78, 5) is 22.5. The van der Waals surface area contributed by atoms with Crippen molar-refractivity contribution in [3.05, 3.63) is 81.6 Å². The molecule has 1 amide bonds. The smallest absolute Gasteiger partial charge is 0.277 e. The van der Waals surface area contributed by atoms with E-state index in [1.807, 2.05) is 25.1 Å². The summed E-state index contributed by atoms with van der Waals surface area (Å²) >= 11 is 0. The van der Waals surface area contributed by atoms with E-state index in [0.717, 1.165) is 11.1 Å². The molecule has 0 unspecified atom stereocenters. The number of furan rings is 1. The van der Waals surface area contributed by atoms with Gasteiger partial charge in [0.15, 0.2) is 6.61 Å². The molecule has 0 spiro atoms. The average Bonchev–Trinajstić information content (AvgIpc) is 3.21. The topological polar surface area (TPSA) is 107 Å². The minimum Gasteiger partial charge on any atom is -0.483 e. The zero-order valence-electron chi connectivity index (χ0n) is 17.5. The number of non-ortho nitro benzene ring substituents is 1. The van der Waals surface area contributed by atoms with Crippen molar-refractivity contribution < 1.29 is 18.9 Å². The van der Waals surface area contributed by atoms with Crippen molar-refractivity contribution in [3.63, 3.8) is 0 Å². The van der Waals surface area contributed by atoms with Crippen LogP contribution in [-0.2, 0) is 4.79 Å². The molecule has 2 aromatic carbocycles. The molecule has 0 bridgehead atoms. The minimum atomic E-state index is -0.465. The molecular formula is C23H23N3O5. The van der Waals surface area contributed by atoms with E-state index in [9.17, 15) is 14.9 Å². The van der Waals surface area contributed by atoms with E-state index in [1.54, 1.807) is 24.3 Å². The Labute approximate surface area is 179 Å². The van der Waals surface area contributed by atoms with Crippen LogP contribution in [0.4, 0.5) is 5.69 Å². The molecule has 0 aliphatic heterocycles. The fourth-order valence-electron chi connectivity index (χ4n) is 2.94. The number of carbonyl (C=O) groups is 1. The Morgan fingerprint density at radius 2 is 2.03 bits per heavy atom. The summed E-state index contributed by atoms with van der Waals surface area (Å²) in [6.07, 6.45) is 1.35. The number of carbonyl (C=O) groups excluding carboxylic acids is 1. The van der Waals surface area contributed by atoms with Crippen LogP contribution in [0.2, 0.25) is 0 Å². The third-order valence-electron chi connectivity index (χ3n) is 4.50. The largest absolute Gasteiger partial charge is 0.483 e. The summed E-state index contributed by atoms with van der Waals surface area (Å²) in [6.45, 7) is 5.92. The molecule has 3 rings (SSSR count). The van der Waals surface area contributed by atoms with Crippen molar-refractivity contribution in [1.29, 1.82) is 0 Å². The third-order valence-corrected chi connectivity index (χ3v) is 4.50. The molecule has 0 fully saturated rings. The van der Waals surface area contributed by atoms with Gasteiger partial charge in [-0.25, -0.2) is 5.43 Å². The van der Waals surface area contributed by atoms with Crippen molar-refractivity contribution in [2.75, 3.05) is 6.61 Å². The predicted octanol–water partition coefficient (Wildman–Crippen LogP) is 4.82. The number of hydrogen-bond acceptors (Lipinski definition) is 6. The van der Waals surface area contributed by atoms with Gasteiger partial charge in [-0.3, -0.25) is 14.9 Å². The first-order valence-corrected chi connectivity index (χ1v) is 9.73. The van der Waals surface area contributed by atoms with E-state index in [4.69, 9.17) is 9.15 Å². The monoisotopic (exact) mass is 421 g/mol. The number of amides is 1. The van der Waals surface area contributed by atoms with Gasteiger partial charge in [-0.15, -0.1) is 0 Å². The number of aryl methyl sites for hydroxylation is 1. The molecule has 0 radical (unpaired) electrons. The van der Waals surface area contributed by atoms with E-state index < -0.39 is 10.8 Å². The standard InChI is InChI=1S/C23H23N3O5/c1-15(2)20-9-7-16(3)11-22(20)30-14-23(27)25-24-13-19-8-10-21(31-19)17-5-4-6-18(12-17)26(28)29/h4-13,15H,14H2,1-3H3,(H,25,27)/b24-13+. The quantitative estimate of drug-likeness (QED) is 0.319. The average molecular weight is 421 g/mol. The van der Waals surface area contributed by atoms with Crippen molar-refractivity contribution in [2.45, 2.75) is 26.7 Å². The second-order valence-corrected chi connectivity index (χ2v) is 7.29. The molecule has 1 heterocycles. The number of nitro benzene ring substituents is 1. The van der Waals surface area contributed by atoms with Gasteiger partial charge in [0, 0.05) is 17.7 Å². The van der Waals surface area contributed by atoms with Gasteiger partial charge in [-0.2, -0.15) is 5.10 Å². The Kier molecular flexibility index (Phi) is 6.81. The Balaban J connectivity index is 1.57. The number of hydrazone groups is 1. The first-order chi connectivity index (χ1) is 14.8. The summed E-state index contributed by atoms with van der Waals surface area (Å²) < 4.78 is 11.3. The molecule has 0 atom stereocenters. The molecular weight excluding hydrogens is 398 g/mol. The van der Waals surface area contributed by atoms with Crippen LogP contribution >= 0.6 is 0 Å². The Morgan fingerprint density at radius 1 is 1.23 bits per heavy atom. The van der Waals surface area contributed by atoms with Gasteiger partial charge in [-0.1, -0.05) is 38.1 Å². The van der Waals surface area contributed by atoms with Crippen molar-refractivity contribution >= 4 is 17.8 Å². The highest BCUT2D eigenvalue weighted by atomic mass is 16.6. The minimum absolute atomic E-state index is 0.0226. The SMILES string of the molecule is Cc1ccc(C(C)C)c(OCC(=O)N/N=C/c2ccc(-c3cccc([N+](=O)[O-])c3)o2)c1. The Hall–Kier alpha value is -3.94. The molecule has 8 heteroatoms. The fraction of sp³-hybridized carbons (Fsp3) is 0.217. The number of benzene rings is 2. The van der Waals surface area contributed by atoms with Crippen LogP contribution in [0, 0.1) is 17.0 Å². The number of nitro groups is 1. The van der Waals surface area contributed by atoms with Gasteiger partial charge >= 0.3 is 0 Å². The van der Waals surface area contributed by atoms with Gasteiger partial charge in [-0.05, 0) is 42.2 Å². The lowest BCUT2D eigenvalue weighted by atomic mass is 10.0. The maximum absolute atomic E-state index is 12.1. The zero-order valence-corrected chi connectivity index (χ0v) is 17.5. The molecule has 0 aliphatic rings. The lowest BCUT2D eigenvalue weighted by Crippen LogP contribution is -2.24. The second-order valence-electron chi connectivity index (χ2n) is 7.29. The van der Waals surface area contributed by atoms with Gasteiger partial charge in [0.25, 0.3) is 11.6 Å². The lowest BCUT2D eigenvalue weighted by Gasteiger charge is -2.14. The van der Waals surface area contributed by atoms with Crippen LogP contribution in [0.1, 0.15) is 36.7 Å². The molecule has 0 saturated heterocycles. The van der Waals surface area contributed by atoms with Crippen molar-refractivity contribution in [2.24, 2.45) is 5.10 Å². The van der Waals surface area contributed by atoms with Crippen LogP contribution in [0.5, 0.6) is 5.75 Å². The normalized spacial score (nSPS) is 11.1. The highest BCUT2D eigenvalue weighted by molar-refractivity contribution is 5.81. The van der Waals surface area contributed by atoms with Crippen LogP contribution in [-0.4, -0.2) is 23.7 Å². The third kappa shape index (κ3) is 5.79. The van der Waals surface area contributed by atoms with Crippen LogP contribution in [0.3, 0.4) is 0 Å². The van der Waals surface area contributed by atoms with Gasteiger partial charge in [0.05, 0.1) is 11.1 Å². The highest BCUT2D eigenvalue weighted by Gasteiger charge is 2.11. The van der Waals surface area contributed by atoms with Crippen molar-refractivity contribution in [1.82, 2.24) is 5.43 Å². The lowest BCUT2D eigenvalue weighted by molar-refractivity contribution is -0.384. The van der Waals surface area contributed by atoms with Crippen molar-refractivity contribution in [3.8, 4) is 17.1 Å². The molecule has 0 saturated carbocycles. The van der Waals surface area contributed by atoms with Crippen LogP contribution < -0.4 is 10.2 Å². The van der Waals surface area contributed by atoms with E-state index in [2.05, 4.69) is 24.4 Å². The molecule has 1 aromatic heterocycles. The molecule has 160 valence electrons. The molecule has 3 aromatic rings. The Morgan fingerprint density at radius 3 is 2.77 bits per heavy atom. The zero-order chi connectivity index (χ0) is 22.4. The number of nitrogens with one attached hydrogen (secondary N) is 1. The molecule has 1 N–H and O–H groups in total. The summed E-state index contributed by atoms with van der Waals surface area (Å²) in [5, 5.41) is 14.8. The van der Waals surface area contributed by atoms with E-state index in [1.165, 1.54) is 18.3 Å². The fourth-order valence-corrected chi connectivity index (χ4v) is 2.94. The first kappa shape index (κ1) is 21.8. The second kappa shape index (κ2) is 9.71. The number of ether oxygens (including phenoxy) is 1. The maximum atomic E-state index is 12.1. The van der Waals surface area contributed by atoms with Crippen LogP contribution in [0.25, 0.3) is 11.3 Å². The number of hydrogen-bond donors (Lipinski definition) is 1. The molecule has 8 nitrogen and oxygen atoms in total. The molecule has 0 aliphatic carbocycles. The van der Waals surface area contributed by atoms with E-state index >= 15 is 0 Å². The summed E-state index contributed by atoms with van der Waals surface area (Å²) in [7, 11) is 0. The van der Waals surface area contributed by atoms with Gasteiger partial charge < -0.3 is 9.15 Å². The van der Waals surface area contributed by atoms with E-state index in [-0.39, 0.29) is 18.2 Å². The number of rotatable bonds is 8.